The monoisotopic (exact) mass is 160 g/mol. The second kappa shape index (κ2) is 7.12. The Kier molecular flexibility index (Phi) is 7.13. The Balaban J connectivity index is 3.29. The Labute approximate surface area is 67.4 Å². The van der Waals surface area contributed by atoms with Crippen LogP contribution in [0.25, 0.3) is 0 Å². The zero-order chi connectivity index (χ0) is 7.82. The lowest BCUT2D eigenvalue weighted by Crippen LogP contribution is -2.37. The van der Waals surface area contributed by atoms with E-state index in [1.807, 2.05) is 24.9 Å². The van der Waals surface area contributed by atoms with E-state index in [9.17, 15) is 0 Å². The van der Waals surface area contributed by atoms with E-state index in [1.165, 1.54) is 5.75 Å². The molecular weight excluding hydrogens is 144 g/mol. The van der Waals surface area contributed by atoms with Gasteiger partial charge in [0.2, 0.25) is 0 Å². The fraction of sp³-hybridized carbons (Fsp3) is 0.714. The highest BCUT2D eigenvalue weighted by Crippen LogP contribution is 1.99. The molecule has 10 heavy (non-hydrogen) atoms. The van der Waals surface area contributed by atoms with Crippen LogP contribution in [-0.2, 0) is 0 Å². The Bertz CT molecular complexity index is 85.7. The smallest absolute Gasteiger partial charge is 0.0398 e. The van der Waals surface area contributed by atoms with Gasteiger partial charge in [-0.25, -0.2) is 0 Å². The summed E-state index contributed by atoms with van der Waals surface area (Å²) >= 11 is 1.86. The van der Waals surface area contributed by atoms with Gasteiger partial charge in [-0.1, -0.05) is 6.08 Å². The van der Waals surface area contributed by atoms with E-state index in [2.05, 4.69) is 23.7 Å². The molecule has 0 spiro atoms. The zero-order valence-electron chi connectivity index (χ0n) is 6.68. The third-order valence-electron chi connectivity index (χ3n) is 1.25. The normalized spacial score (nSPS) is 13.0. The van der Waals surface area contributed by atoms with Crippen LogP contribution in [0.4, 0.5) is 0 Å². The lowest BCUT2D eigenvalue weighted by atomic mass is 10.2. The molecule has 0 unspecified atom stereocenters. The molecule has 0 aromatic heterocycles. The lowest BCUT2D eigenvalue weighted by Gasteiger charge is -2.11. The van der Waals surface area contributed by atoms with Gasteiger partial charge in [0.15, 0.2) is 0 Å². The van der Waals surface area contributed by atoms with Crippen molar-refractivity contribution >= 4 is 11.8 Å². The topological polar surface area (TPSA) is 24.1 Å². The van der Waals surface area contributed by atoms with E-state index in [4.69, 9.17) is 0 Å². The Morgan fingerprint density at radius 2 is 2.40 bits per heavy atom. The Morgan fingerprint density at radius 3 is 2.80 bits per heavy atom. The van der Waals surface area contributed by atoms with Gasteiger partial charge in [0.25, 0.3) is 0 Å². The van der Waals surface area contributed by atoms with Crippen molar-refractivity contribution in [2.75, 3.05) is 19.1 Å². The van der Waals surface area contributed by atoms with E-state index in [1.54, 1.807) is 0 Å². The molecule has 0 bridgehead atoms. The number of hydrogen-bond acceptors (Lipinski definition) is 3. The van der Waals surface area contributed by atoms with Gasteiger partial charge in [-0.15, -0.1) is 6.58 Å². The van der Waals surface area contributed by atoms with Crippen molar-refractivity contribution in [3.63, 3.8) is 0 Å². The quantitative estimate of drug-likeness (QED) is 0.448. The molecule has 0 saturated heterocycles. The molecule has 3 heteroatoms. The van der Waals surface area contributed by atoms with Gasteiger partial charge in [0, 0.05) is 6.04 Å². The van der Waals surface area contributed by atoms with E-state index >= 15 is 0 Å². The molecule has 0 aromatic carbocycles. The standard InChI is InChI=1S/C7H16N2S/c1-4-7(9-8-2)5-6-10-3/h4,7-9H,1,5-6H2,2-3H3/t7-/m1/s1. The van der Waals surface area contributed by atoms with Crippen molar-refractivity contribution in [1.82, 2.24) is 10.9 Å². The molecule has 2 N–H and O–H groups in total. The maximum Gasteiger partial charge on any atom is 0.0398 e. The zero-order valence-corrected chi connectivity index (χ0v) is 7.50. The second-order valence-electron chi connectivity index (χ2n) is 2.02. The molecule has 0 rings (SSSR count). The summed E-state index contributed by atoms with van der Waals surface area (Å²) in [5.74, 6) is 1.17. The summed E-state index contributed by atoms with van der Waals surface area (Å²) < 4.78 is 0. The predicted octanol–water partition coefficient (Wildman–Crippen LogP) is 1.02. The summed E-state index contributed by atoms with van der Waals surface area (Å²) in [7, 11) is 1.87. The average molecular weight is 160 g/mol. The van der Waals surface area contributed by atoms with Crippen molar-refractivity contribution in [2.45, 2.75) is 12.5 Å². The minimum absolute atomic E-state index is 0.400. The minimum Gasteiger partial charge on any atom is -0.260 e. The second-order valence-corrected chi connectivity index (χ2v) is 3.00. The summed E-state index contributed by atoms with van der Waals surface area (Å²) in [4.78, 5) is 0. The van der Waals surface area contributed by atoms with Crippen LogP contribution in [0.3, 0.4) is 0 Å². The predicted molar refractivity (Wildman–Crippen MR) is 49.2 cm³/mol. The van der Waals surface area contributed by atoms with Crippen LogP contribution >= 0.6 is 11.8 Å². The summed E-state index contributed by atoms with van der Waals surface area (Å²) in [6.07, 6.45) is 5.16. The number of nitrogens with one attached hydrogen (secondary N) is 2. The van der Waals surface area contributed by atoms with E-state index in [-0.39, 0.29) is 0 Å². The number of rotatable bonds is 6. The molecule has 2 nitrogen and oxygen atoms in total. The summed E-state index contributed by atoms with van der Waals surface area (Å²) in [5.41, 5.74) is 5.98. The Morgan fingerprint density at radius 1 is 1.70 bits per heavy atom. The van der Waals surface area contributed by atoms with Crippen LogP contribution in [0.2, 0.25) is 0 Å². The first-order chi connectivity index (χ1) is 4.85. The fourth-order valence-corrected chi connectivity index (χ4v) is 1.17. The number of hydrogen-bond donors (Lipinski definition) is 2. The summed E-state index contributed by atoms with van der Waals surface area (Å²) in [5, 5.41) is 0. The van der Waals surface area contributed by atoms with Gasteiger partial charge in [-0.2, -0.15) is 11.8 Å². The third-order valence-corrected chi connectivity index (χ3v) is 1.89. The van der Waals surface area contributed by atoms with Crippen molar-refractivity contribution in [3.8, 4) is 0 Å². The third kappa shape index (κ3) is 4.85. The van der Waals surface area contributed by atoms with Gasteiger partial charge >= 0.3 is 0 Å². The molecule has 0 saturated carbocycles. The van der Waals surface area contributed by atoms with Crippen molar-refractivity contribution < 1.29 is 0 Å². The molecule has 60 valence electrons. The minimum atomic E-state index is 0.400. The first kappa shape index (κ1) is 10.0. The average Bonchev–Trinajstić information content (AvgIpc) is 1.98. The van der Waals surface area contributed by atoms with Gasteiger partial charge in [0.05, 0.1) is 0 Å². The molecule has 0 fully saturated rings. The lowest BCUT2D eigenvalue weighted by molar-refractivity contribution is 0.516. The number of hydrazine groups is 1. The van der Waals surface area contributed by atoms with Crippen molar-refractivity contribution in [1.29, 1.82) is 0 Å². The summed E-state index contributed by atoms with van der Waals surface area (Å²) in [6.45, 7) is 3.72. The van der Waals surface area contributed by atoms with Crippen LogP contribution in [0.15, 0.2) is 12.7 Å². The first-order valence-corrected chi connectivity index (χ1v) is 4.78. The van der Waals surface area contributed by atoms with Crippen LogP contribution in [0.1, 0.15) is 6.42 Å². The molecule has 0 heterocycles. The van der Waals surface area contributed by atoms with E-state index < -0.39 is 0 Å². The van der Waals surface area contributed by atoms with Crippen LogP contribution < -0.4 is 10.9 Å². The van der Waals surface area contributed by atoms with Gasteiger partial charge in [-0.05, 0) is 25.5 Å². The largest absolute Gasteiger partial charge is 0.260 e. The maximum atomic E-state index is 3.72. The highest BCUT2D eigenvalue weighted by molar-refractivity contribution is 7.98. The highest BCUT2D eigenvalue weighted by atomic mass is 32.2. The fourth-order valence-electron chi connectivity index (χ4n) is 0.679. The molecule has 0 aliphatic heterocycles. The molecule has 1 atom stereocenters. The van der Waals surface area contributed by atoms with Crippen molar-refractivity contribution in [3.05, 3.63) is 12.7 Å². The molecule has 0 radical (unpaired) electrons. The number of thioether (sulfide) groups is 1. The van der Waals surface area contributed by atoms with E-state index in [0.29, 0.717) is 6.04 Å². The SMILES string of the molecule is C=C[C@H](CCSC)NNC. The summed E-state index contributed by atoms with van der Waals surface area (Å²) in [6, 6.07) is 0.400. The molecular formula is C7H16N2S. The Hall–Kier alpha value is 0.01000. The van der Waals surface area contributed by atoms with Gasteiger partial charge in [-0.3, -0.25) is 10.9 Å². The molecule has 0 aliphatic rings. The highest BCUT2D eigenvalue weighted by Gasteiger charge is 1.98. The molecule has 0 aliphatic carbocycles. The molecule has 0 aromatic rings. The van der Waals surface area contributed by atoms with Crippen LogP contribution in [0, 0.1) is 0 Å². The maximum absolute atomic E-state index is 3.72. The van der Waals surface area contributed by atoms with Crippen LogP contribution in [0.5, 0.6) is 0 Å². The van der Waals surface area contributed by atoms with Crippen LogP contribution in [-0.4, -0.2) is 25.1 Å². The van der Waals surface area contributed by atoms with Crippen molar-refractivity contribution in [2.24, 2.45) is 0 Å². The van der Waals surface area contributed by atoms with E-state index in [0.717, 1.165) is 6.42 Å². The van der Waals surface area contributed by atoms with Gasteiger partial charge < -0.3 is 0 Å². The van der Waals surface area contributed by atoms with Gasteiger partial charge in [0.1, 0.15) is 0 Å². The first-order valence-electron chi connectivity index (χ1n) is 3.39. The molecule has 0 amide bonds.